The molecule has 1 amide bonds. The van der Waals surface area contributed by atoms with Gasteiger partial charge in [0, 0.05) is 18.7 Å². The summed E-state index contributed by atoms with van der Waals surface area (Å²) >= 11 is 0. The van der Waals surface area contributed by atoms with Crippen LogP contribution in [-0.2, 0) is 11.3 Å². The van der Waals surface area contributed by atoms with Crippen molar-refractivity contribution in [3.8, 4) is 5.75 Å². The molecule has 0 aliphatic heterocycles. The summed E-state index contributed by atoms with van der Waals surface area (Å²) in [6.45, 7) is 1.25. The Labute approximate surface area is 101 Å². The average molecular weight is 234 g/mol. The molecule has 1 saturated carbocycles. The molecule has 0 aromatic heterocycles. The molecule has 1 aromatic rings. The molecular formula is C13H18N2O2. The Morgan fingerprint density at radius 1 is 1.41 bits per heavy atom. The number of amides is 1. The van der Waals surface area contributed by atoms with E-state index in [9.17, 15) is 4.79 Å². The van der Waals surface area contributed by atoms with Crippen LogP contribution in [0.4, 0.5) is 0 Å². The van der Waals surface area contributed by atoms with Gasteiger partial charge in [-0.15, -0.1) is 0 Å². The van der Waals surface area contributed by atoms with Gasteiger partial charge in [0.2, 0.25) is 0 Å². The Morgan fingerprint density at radius 3 is 2.88 bits per heavy atom. The monoisotopic (exact) mass is 234 g/mol. The summed E-state index contributed by atoms with van der Waals surface area (Å²) in [7, 11) is 0. The Bertz CT molecular complexity index is 389. The molecule has 1 aliphatic carbocycles. The van der Waals surface area contributed by atoms with Gasteiger partial charge < -0.3 is 15.8 Å². The maximum atomic E-state index is 11.5. The van der Waals surface area contributed by atoms with E-state index < -0.39 is 0 Å². The number of benzene rings is 1. The van der Waals surface area contributed by atoms with Gasteiger partial charge in [0.1, 0.15) is 5.75 Å². The molecule has 1 aromatic carbocycles. The highest BCUT2D eigenvalue weighted by molar-refractivity contribution is 5.77. The van der Waals surface area contributed by atoms with E-state index in [1.807, 2.05) is 24.3 Å². The molecule has 0 saturated heterocycles. The van der Waals surface area contributed by atoms with E-state index in [1.54, 1.807) is 0 Å². The molecule has 92 valence electrons. The second-order valence-corrected chi connectivity index (χ2v) is 4.35. The molecule has 0 spiro atoms. The van der Waals surface area contributed by atoms with Gasteiger partial charge in [-0.1, -0.05) is 18.2 Å². The predicted octanol–water partition coefficient (Wildman–Crippen LogP) is 1.05. The van der Waals surface area contributed by atoms with Crippen LogP contribution in [0.3, 0.4) is 0 Å². The standard InChI is InChI=1S/C13H18N2O2/c14-7-11-3-1-2-4-12(11)17-9-13(16)15-8-10-5-6-10/h1-4,10H,5-9,14H2,(H,15,16). The Hall–Kier alpha value is -1.55. The van der Waals surface area contributed by atoms with Crippen molar-refractivity contribution < 1.29 is 9.53 Å². The zero-order chi connectivity index (χ0) is 12.1. The lowest BCUT2D eigenvalue weighted by Crippen LogP contribution is -2.30. The number of rotatable bonds is 6. The molecule has 4 heteroatoms. The van der Waals surface area contributed by atoms with Crippen molar-refractivity contribution in [3.05, 3.63) is 29.8 Å². The van der Waals surface area contributed by atoms with Gasteiger partial charge in [0.15, 0.2) is 6.61 Å². The number of ether oxygens (including phenoxy) is 1. The molecular weight excluding hydrogens is 216 g/mol. The quantitative estimate of drug-likeness (QED) is 0.773. The molecule has 0 unspecified atom stereocenters. The smallest absolute Gasteiger partial charge is 0.257 e. The number of nitrogens with two attached hydrogens (primary N) is 1. The highest BCUT2D eigenvalue weighted by Crippen LogP contribution is 2.27. The fraction of sp³-hybridized carbons (Fsp3) is 0.462. The molecule has 3 N–H and O–H groups in total. The number of hydrogen-bond donors (Lipinski definition) is 2. The number of nitrogens with one attached hydrogen (secondary N) is 1. The SMILES string of the molecule is NCc1ccccc1OCC(=O)NCC1CC1. The van der Waals surface area contributed by atoms with Crippen LogP contribution in [-0.4, -0.2) is 19.1 Å². The Morgan fingerprint density at radius 2 is 2.18 bits per heavy atom. The third-order valence-electron chi connectivity index (χ3n) is 2.84. The van der Waals surface area contributed by atoms with Crippen LogP contribution in [0.2, 0.25) is 0 Å². The molecule has 0 atom stereocenters. The Kier molecular flexibility index (Phi) is 3.98. The minimum absolute atomic E-state index is 0.0593. The van der Waals surface area contributed by atoms with Gasteiger partial charge in [-0.25, -0.2) is 0 Å². The van der Waals surface area contributed by atoms with Crippen LogP contribution in [0.15, 0.2) is 24.3 Å². The fourth-order valence-corrected chi connectivity index (χ4v) is 1.59. The third kappa shape index (κ3) is 3.75. The van der Waals surface area contributed by atoms with Crippen LogP contribution >= 0.6 is 0 Å². The molecule has 17 heavy (non-hydrogen) atoms. The van der Waals surface area contributed by atoms with Crippen LogP contribution in [0.5, 0.6) is 5.75 Å². The number of para-hydroxylation sites is 1. The highest BCUT2D eigenvalue weighted by Gasteiger charge is 2.21. The van der Waals surface area contributed by atoms with Gasteiger partial charge >= 0.3 is 0 Å². The van der Waals surface area contributed by atoms with E-state index in [0.717, 1.165) is 12.1 Å². The third-order valence-corrected chi connectivity index (χ3v) is 2.84. The molecule has 0 heterocycles. The summed E-state index contributed by atoms with van der Waals surface area (Å²) in [5.74, 6) is 1.32. The predicted molar refractivity (Wildman–Crippen MR) is 65.6 cm³/mol. The minimum Gasteiger partial charge on any atom is -0.483 e. The summed E-state index contributed by atoms with van der Waals surface area (Å²) < 4.78 is 5.45. The van der Waals surface area contributed by atoms with Crippen molar-refractivity contribution in [2.45, 2.75) is 19.4 Å². The van der Waals surface area contributed by atoms with E-state index in [4.69, 9.17) is 10.5 Å². The van der Waals surface area contributed by atoms with Crippen molar-refractivity contribution in [2.75, 3.05) is 13.2 Å². The zero-order valence-corrected chi connectivity index (χ0v) is 9.82. The first kappa shape index (κ1) is 11.9. The molecule has 1 aliphatic rings. The first-order valence-corrected chi connectivity index (χ1v) is 5.97. The topological polar surface area (TPSA) is 64.3 Å². The van der Waals surface area contributed by atoms with E-state index in [0.29, 0.717) is 18.2 Å². The van der Waals surface area contributed by atoms with E-state index >= 15 is 0 Å². The van der Waals surface area contributed by atoms with Crippen molar-refractivity contribution in [1.82, 2.24) is 5.32 Å². The lowest BCUT2D eigenvalue weighted by Gasteiger charge is -2.10. The fourth-order valence-electron chi connectivity index (χ4n) is 1.59. The van der Waals surface area contributed by atoms with Gasteiger partial charge in [-0.05, 0) is 24.8 Å². The van der Waals surface area contributed by atoms with Gasteiger partial charge in [0.25, 0.3) is 5.91 Å². The number of carbonyl (C=O) groups is 1. The van der Waals surface area contributed by atoms with Crippen LogP contribution in [0.25, 0.3) is 0 Å². The molecule has 1 fully saturated rings. The van der Waals surface area contributed by atoms with Crippen LogP contribution in [0, 0.1) is 5.92 Å². The van der Waals surface area contributed by atoms with Crippen LogP contribution < -0.4 is 15.8 Å². The van der Waals surface area contributed by atoms with E-state index in [1.165, 1.54) is 12.8 Å². The molecule has 4 nitrogen and oxygen atoms in total. The number of hydrogen-bond acceptors (Lipinski definition) is 3. The first-order valence-electron chi connectivity index (χ1n) is 5.97. The average Bonchev–Trinajstić information content (AvgIpc) is 3.18. The Balaban J connectivity index is 1.77. The second-order valence-electron chi connectivity index (χ2n) is 4.35. The lowest BCUT2D eigenvalue weighted by atomic mass is 10.2. The summed E-state index contributed by atoms with van der Waals surface area (Å²) in [6, 6.07) is 7.51. The zero-order valence-electron chi connectivity index (χ0n) is 9.82. The molecule has 0 radical (unpaired) electrons. The van der Waals surface area contributed by atoms with Gasteiger partial charge in [-0.2, -0.15) is 0 Å². The van der Waals surface area contributed by atoms with Crippen LogP contribution in [0.1, 0.15) is 18.4 Å². The maximum absolute atomic E-state index is 11.5. The second kappa shape index (κ2) is 5.68. The molecule has 0 bridgehead atoms. The van der Waals surface area contributed by atoms with E-state index in [2.05, 4.69) is 5.32 Å². The summed E-state index contributed by atoms with van der Waals surface area (Å²) in [6.07, 6.45) is 2.47. The largest absolute Gasteiger partial charge is 0.483 e. The maximum Gasteiger partial charge on any atom is 0.257 e. The summed E-state index contributed by atoms with van der Waals surface area (Å²) in [5, 5.41) is 2.86. The van der Waals surface area contributed by atoms with Gasteiger partial charge in [0.05, 0.1) is 0 Å². The van der Waals surface area contributed by atoms with Gasteiger partial charge in [-0.3, -0.25) is 4.79 Å². The van der Waals surface area contributed by atoms with Crippen molar-refractivity contribution in [3.63, 3.8) is 0 Å². The van der Waals surface area contributed by atoms with Crippen molar-refractivity contribution >= 4 is 5.91 Å². The normalized spacial score (nSPS) is 14.4. The van der Waals surface area contributed by atoms with Crippen molar-refractivity contribution in [1.29, 1.82) is 0 Å². The van der Waals surface area contributed by atoms with E-state index in [-0.39, 0.29) is 12.5 Å². The highest BCUT2D eigenvalue weighted by atomic mass is 16.5. The first-order chi connectivity index (χ1) is 8.29. The lowest BCUT2D eigenvalue weighted by molar-refractivity contribution is -0.123. The minimum atomic E-state index is -0.0660. The summed E-state index contributed by atoms with van der Waals surface area (Å²) in [4.78, 5) is 11.5. The molecule has 2 rings (SSSR count). The van der Waals surface area contributed by atoms with Crippen molar-refractivity contribution in [2.24, 2.45) is 11.7 Å². The number of carbonyl (C=O) groups excluding carboxylic acids is 1. The summed E-state index contributed by atoms with van der Waals surface area (Å²) in [5.41, 5.74) is 6.50.